The third-order valence-corrected chi connectivity index (χ3v) is 6.22. The lowest BCUT2D eigenvalue weighted by atomic mass is 10.2. The summed E-state index contributed by atoms with van der Waals surface area (Å²) in [4.78, 5) is 16.3. The lowest BCUT2D eigenvalue weighted by molar-refractivity contribution is -0.131. The highest BCUT2D eigenvalue weighted by Gasteiger charge is 2.23. The number of anilines is 2. The molecular weight excluding hydrogens is 393 g/mol. The highest BCUT2D eigenvalue weighted by atomic mass is 32.2. The fourth-order valence-corrected chi connectivity index (χ4v) is 4.48. The predicted octanol–water partition coefficient (Wildman–Crippen LogP) is 2.72. The maximum Gasteiger partial charge on any atom is 0.232 e. The number of hydrogen-bond acceptors (Lipinski definition) is 4. The Hall–Kier alpha value is -2.61. The number of carbonyl (C=O) groups is 1. The average molecular weight is 420 g/mol. The zero-order chi connectivity index (χ0) is 20.9. The second kappa shape index (κ2) is 9.26. The first-order valence-corrected chi connectivity index (χ1v) is 11.5. The van der Waals surface area contributed by atoms with Crippen LogP contribution in [0.3, 0.4) is 0 Å². The molecule has 0 N–H and O–H groups in total. The summed E-state index contributed by atoms with van der Waals surface area (Å²) >= 11 is 0. The SMILES string of the molecule is CS(=O)(=O)N(CCCC(=O)N1CCN(c2ccccc2F)CC1)c1ccccc1. The Morgan fingerprint density at radius 1 is 1.00 bits per heavy atom. The van der Waals surface area contributed by atoms with E-state index in [0.29, 0.717) is 44.0 Å². The lowest BCUT2D eigenvalue weighted by Crippen LogP contribution is -2.49. The minimum absolute atomic E-state index is 0.000281. The first-order valence-electron chi connectivity index (χ1n) is 9.66. The van der Waals surface area contributed by atoms with Gasteiger partial charge >= 0.3 is 0 Å². The molecular formula is C21H26FN3O3S. The minimum Gasteiger partial charge on any atom is -0.366 e. The maximum absolute atomic E-state index is 13.9. The number of benzene rings is 2. The van der Waals surface area contributed by atoms with Crippen LogP contribution in [0.15, 0.2) is 54.6 Å². The Morgan fingerprint density at radius 3 is 2.24 bits per heavy atom. The van der Waals surface area contributed by atoms with Crippen LogP contribution in [-0.4, -0.2) is 58.2 Å². The topological polar surface area (TPSA) is 60.9 Å². The molecule has 1 fully saturated rings. The van der Waals surface area contributed by atoms with Crippen molar-refractivity contribution in [3.8, 4) is 0 Å². The van der Waals surface area contributed by atoms with Crippen LogP contribution in [0.5, 0.6) is 0 Å². The standard InChI is InChI=1S/C21H26FN3O3S/c1-29(27,28)25(18-8-3-2-4-9-18)13-7-12-21(26)24-16-14-23(15-17-24)20-11-6-5-10-19(20)22/h2-6,8-11H,7,12-17H2,1H3. The van der Waals surface area contributed by atoms with Crippen LogP contribution in [0.2, 0.25) is 0 Å². The summed E-state index contributed by atoms with van der Waals surface area (Å²) in [5, 5.41) is 0. The Morgan fingerprint density at radius 2 is 1.62 bits per heavy atom. The molecule has 0 saturated carbocycles. The summed E-state index contributed by atoms with van der Waals surface area (Å²) in [7, 11) is -3.42. The molecule has 0 unspecified atom stereocenters. The molecule has 1 saturated heterocycles. The number of rotatable bonds is 7. The molecule has 0 bridgehead atoms. The van der Waals surface area contributed by atoms with Crippen LogP contribution in [0.25, 0.3) is 0 Å². The molecule has 6 nitrogen and oxygen atoms in total. The second-order valence-corrected chi connectivity index (χ2v) is 9.00. The fourth-order valence-electron chi connectivity index (χ4n) is 3.52. The zero-order valence-corrected chi connectivity index (χ0v) is 17.3. The molecule has 0 atom stereocenters. The number of hydrogen-bond donors (Lipinski definition) is 0. The molecule has 0 spiro atoms. The first-order chi connectivity index (χ1) is 13.9. The largest absolute Gasteiger partial charge is 0.366 e. The van der Waals surface area contributed by atoms with Crippen LogP contribution in [0.1, 0.15) is 12.8 Å². The number of halogens is 1. The van der Waals surface area contributed by atoms with Gasteiger partial charge in [-0.15, -0.1) is 0 Å². The van der Waals surface area contributed by atoms with Crippen molar-refractivity contribution in [2.45, 2.75) is 12.8 Å². The van der Waals surface area contributed by atoms with Gasteiger partial charge in [-0.1, -0.05) is 30.3 Å². The molecule has 0 aromatic heterocycles. The van der Waals surface area contributed by atoms with E-state index in [0.717, 1.165) is 0 Å². The average Bonchev–Trinajstić information content (AvgIpc) is 2.71. The number of nitrogens with zero attached hydrogens (tertiary/aromatic N) is 3. The number of para-hydroxylation sites is 2. The van der Waals surface area contributed by atoms with Gasteiger partial charge in [0.15, 0.2) is 0 Å². The molecule has 2 aromatic rings. The van der Waals surface area contributed by atoms with Gasteiger partial charge in [0.2, 0.25) is 15.9 Å². The van der Waals surface area contributed by atoms with Gasteiger partial charge in [0, 0.05) is 39.1 Å². The van der Waals surface area contributed by atoms with Crippen molar-refractivity contribution in [3.63, 3.8) is 0 Å². The van der Waals surface area contributed by atoms with Crippen LogP contribution >= 0.6 is 0 Å². The summed E-state index contributed by atoms with van der Waals surface area (Å²) in [6, 6.07) is 15.5. The van der Waals surface area contributed by atoms with Crippen molar-refractivity contribution in [2.24, 2.45) is 0 Å². The van der Waals surface area contributed by atoms with Gasteiger partial charge in [0.1, 0.15) is 5.82 Å². The van der Waals surface area contributed by atoms with Gasteiger partial charge in [-0.25, -0.2) is 12.8 Å². The van der Waals surface area contributed by atoms with Gasteiger partial charge in [0.25, 0.3) is 0 Å². The van der Waals surface area contributed by atoms with E-state index in [1.807, 2.05) is 11.0 Å². The molecule has 1 amide bonds. The van der Waals surface area contributed by atoms with E-state index in [9.17, 15) is 17.6 Å². The van der Waals surface area contributed by atoms with Crippen LogP contribution < -0.4 is 9.21 Å². The fraction of sp³-hybridized carbons (Fsp3) is 0.381. The Bertz CT molecular complexity index is 929. The third kappa shape index (κ3) is 5.47. The molecule has 1 heterocycles. The molecule has 1 aliphatic rings. The summed E-state index contributed by atoms with van der Waals surface area (Å²) < 4.78 is 39.5. The minimum atomic E-state index is -3.42. The number of carbonyl (C=O) groups excluding carboxylic acids is 1. The molecule has 8 heteroatoms. The number of sulfonamides is 1. The van der Waals surface area contributed by atoms with Crippen molar-refractivity contribution in [2.75, 3.05) is 48.2 Å². The molecule has 2 aromatic carbocycles. The van der Waals surface area contributed by atoms with Crippen LogP contribution in [-0.2, 0) is 14.8 Å². The maximum atomic E-state index is 13.9. The second-order valence-electron chi connectivity index (χ2n) is 7.09. The van der Waals surface area contributed by atoms with E-state index in [2.05, 4.69) is 0 Å². The molecule has 29 heavy (non-hydrogen) atoms. The van der Waals surface area contributed by atoms with Gasteiger partial charge < -0.3 is 9.80 Å². The Balaban J connectivity index is 1.50. The first kappa shape index (κ1) is 21.1. The molecule has 156 valence electrons. The van der Waals surface area contributed by atoms with Crippen LogP contribution in [0, 0.1) is 5.82 Å². The highest BCUT2D eigenvalue weighted by molar-refractivity contribution is 7.92. The molecule has 0 aliphatic carbocycles. The van der Waals surface area contributed by atoms with Crippen molar-refractivity contribution in [3.05, 3.63) is 60.4 Å². The monoisotopic (exact) mass is 419 g/mol. The molecule has 0 radical (unpaired) electrons. The quantitative estimate of drug-likeness (QED) is 0.692. The van der Waals surface area contributed by atoms with E-state index in [1.54, 1.807) is 47.4 Å². The van der Waals surface area contributed by atoms with Crippen molar-refractivity contribution >= 4 is 27.3 Å². The predicted molar refractivity (Wildman–Crippen MR) is 113 cm³/mol. The van der Waals surface area contributed by atoms with E-state index in [4.69, 9.17) is 0 Å². The highest BCUT2D eigenvalue weighted by Crippen LogP contribution is 2.21. The van der Waals surface area contributed by atoms with Gasteiger partial charge in [-0.05, 0) is 30.7 Å². The molecule has 1 aliphatic heterocycles. The van der Waals surface area contributed by atoms with E-state index in [1.165, 1.54) is 16.6 Å². The summed E-state index contributed by atoms with van der Waals surface area (Å²) in [6.45, 7) is 2.46. The summed E-state index contributed by atoms with van der Waals surface area (Å²) in [5.41, 5.74) is 1.16. The molecule has 3 rings (SSSR count). The van der Waals surface area contributed by atoms with Crippen molar-refractivity contribution in [1.82, 2.24) is 4.90 Å². The van der Waals surface area contributed by atoms with Gasteiger partial charge in [0.05, 0.1) is 17.6 Å². The smallest absolute Gasteiger partial charge is 0.232 e. The summed E-state index contributed by atoms with van der Waals surface area (Å²) in [5.74, 6) is -0.256. The normalized spacial score (nSPS) is 14.7. The number of amides is 1. The number of piperazine rings is 1. The third-order valence-electron chi connectivity index (χ3n) is 5.02. The van der Waals surface area contributed by atoms with Crippen LogP contribution in [0.4, 0.5) is 15.8 Å². The van der Waals surface area contributed by atoms with Gasteiger partial charge in [-0.2, -0.15) is 0 Å². The van der Waals surface area contributed by atoms with E-state index in [-0.39, 0.29) is 24.7 Å². The van der Waals surface area contributed by atoms with Crippen molar-refractivity contribution < 1.29 is 17.6 Å². The Kier molecular flexibility index (Phi) is 6.74. The lowest BCUT2D eigenvalue weighted by Gasteiger charge is -2.36. The Labute approximate surface area is 171 Å². The van der Waals surface area contributed by atoms with Gasteiger partial charge in [-0.3, -0.25) is 9.10 Å². The zero-order valence-electron chi connectivity index (χ0n) is 16.5. The van der Waals surface area contributed by atoms with Crippen molar-refractivity contribution in [1.29, 1.82) is 0 Å². The van der Waals surface area contributed by atoms with E-state index < -0.39 is 10.0 Å². The summed E-state index contributed by atoms with van der Waals surface area (Å²) in [6.07, 6.45) is 1.89. The van der Waals surface area contributed by atoms with E-state index >= 15 is 0 Å².